The van der Waals surface area contributed by atoms with Crippen LogP contribution >= 0.6 is 0 Å². The predicted molar refractivity (Wildman–Crippen MR) is 101 cm³/mol. The van der Waals surface area contributed by atoms with E-state index in [2.05, 4.69) is 18.8 Å². The van der Waals surface area contributed by atoms with Crippen molar-refractivity contribution in [1.29, 1.82) is 0 Å². The van der Waals surface area contributed by atoms with E-state index in [4.69, 9.17) is 12.8 Å². The smallest absolute Gasteiger partial charge is 0.0325 e. The van der Waals surface area contributed by atoms with Crippen molar-refractivity contribution in [2.75, 3.05) is 0 Å². The SMILES string of the molecule is C#CC12CC3CC(C1)CC(C14CC5CC(C)(CC(C#C)(C5)C1)C4)(C3)C2. The Hall–Kier alpha value is -0.880. The van der Waals surface area contributed by atoms with Gasteiger partial charge in [-0.2, -0.15) is 0 Å². The number of terminal acetylenes is 2. The lowest BCUT2D eigenvalue weighted by atomic mass is 9.30. The molecule has 8 fully saturated rings. The highest BCUT2D eigenvalue weighted by Crippen LogP contribution is 2.80. The first-order valence-electron chi connectivity index (χ1n) is 10.8. The summed E-state index contributed by atoms with van der Waals surface area (Å²) < 4.78 is 0. The summed E-state index contributed by atoms with van der Waals surface area (Å²) >= 11 is 0. The molecule has 8 rings (SSSR count). The number of hydrogen-bond donors (Lipinski definition) is 0. The van der Waals surface area contributed by atoms with Gasteiger partial charge in [-0.3, -0.25) is 0 Å². The van der Waals surface area contributed by atoms with Gasteiger partial charge in [0.15, 0.2) is 0 Å². The van der Waals surface area contributed by atoms with Crippen LogP contribution in [0.1, 0.15) is 84.0 Å². The zero-order valence-corrected chi connectivity index (χ0v) is 15.9. The standard InChI is InChI=1S/C25H32/c1-4-22-8-18-6-19(9-22)12-24(11-18,16-22)25-13-20-7-21(3,15-25)14-23(5-2,10-20)17-25/h1-2,18-20H,6-17H2,3H3. The van der Waals surface area contributed by atoms with Gasteiger partial charge in [-0.1, -0.05) is 18.8 Å². The second kappa shape index (κ2) is 4.16. The summed E-state index contributed by atoms with van der Waals surface area (Å²) in [6, 6.07) is 0. The van der Waals surface area contributed by atoms with Gasteiger partial charge in [0, 0.05) is 10.8 Å². The maximum atomic E-state index is 6.21. The van der Waals surface area contributed by atoms with Gasteiger partial charge in [0.1, 0.15) is 0 Å². The van der Waals surface area contributed by atoms with Gasteiger partial charge in [0.05, 0.1) is 0 Å². The molecule has 0 radical (unpaired) electrons. The van der Waals surface area contributed by atoms with Crippen molar-refractivity contribution in [3.8, 4) is 24.7 Å². The second-order valence-corrected chi connectivity index (χ2v) is 12.2. The highest BCUT2D eigenvalue weighted by Gasteiger charge is 2.71. The Morgan fingerprint density at radius 1 is 0.640 bits per heavy atom. The highest BCUT2D eigenvalue weighted by molar-refractivity contribution is 5.27. The molecule has 8 aliphatic rings. The largest absolute Gasteiger partial charge is 0.120 e. The Morgan fingerprint density at radius 2 is 1.24 bits per heavy atom. The molecular formula is C25H32. The van der Waals surface area contributed by atoms with Gasteiger partial charge in [-0.25, -0.2) is 0 Å². The Labute approximate surface area is 153 Å². The van der Waals surface area contributed by atoms with Crippen molar-refractivity contribution in [2.24, 2.45) is 44.8 Å². The molecule has 6 unspecified atom stereocenters. The molecule has 0 heteroatoms. The van der Waals surface area contributed by atoms with E-state index < -0.39 is 0 Å². The van der Waals surface area contributed by atoms with E-state index >= 15 is 0 Å². The van der Waals surface area contributed by atoms with Crippen LogP contribution in [-0.2, 0) is 0 Å². The van der Waals surface area contributed by atoms with Crippen LogP contribution in [0.2, 0.25) is 0 Å². The Morgan fingerprint density at radius 3 is 1.88 bits per heavy atom. The third-order valence-corrected chi connectivity index (χ3v) is 10.1. The topological polar surface area (TPSA) is 0 Å². The summed E-state index contributed by atoms with van der Waals surface area (Å²) in [7, 11) is 0. The molecule has 0 aromatic rings. The van der Waals surface area contributed by atoms with Crippen molar-refractivity contribution < 1.29 is 0 Å². The van der Waals surface area contributed by atoms with Crippen LogP contribution in [0.5, 0.6) is 0 Å². The Bertz CT molecular complexity index is 716. The maximum absolute atomic E-state index is 6.21. The fraction of sp³-hybridized carbons (Fsp3) is 0.840. The van der Waals surface area contributed by atoms with Gasteiger partial charge < -0.3 is 0 Å². The molecule has 0 aliphatic heterocycles. The fourth-order valence-corrected chi connectivity index (χ4v) is 10.7. The molecule has 6 atom stereocenters. The van der Waals surface area contributed by atoms with Crippen molar-refractivity contribution >= 4 is 0 Å². The first kappa shape index (κ1) is 15.2. The molecule has 8 aliphatic carbocycles. The summed E-state index contributed by atoms with van der Waals surface area (Å²) in [5.41, 5.74) is 2.04. The zero-order chi connectivity index (χ0) is 17.1. The summed E-state index contributed by atoms with van der Waals surface area (Å²) in [4.78, 5) is 0. The lowest BCUT2D eigenvalue weighted by Crippen LogP contribution is -2.65. The summed E-state index contributed by atoms with van der Waals surface area (Å²) in [5, 5.41) is 0. The zero-order valence-electron chi connectivity index (χ0n) is 15.9. The molecule has 132 valence electrons. The monoisotopic (exact) mass is 332 g/mol. The summed E-state index contributed by atoms with van der Waals surface area (Å²) in [6.07, 6.45) is 29.2. The molecule has 0 nitrogen and oxygen atoms in total. The molecule has 0 amide bonds. The van der Waals surface area contributed by atoms with Crippen LogP contribution in [0.25, 0.3) is 0 Å². The summed E-state index contributed by atoms with van der Waals surface area (Å²) in [5.74, 6) is 9.46. The molecule has 0 aromatic heterocycles. The molecule has 8 saturated carbocycles. The summed E-state index contributed by atoms with van der Waals surface area (Å²) in [6.45, 7) is 2.58. The molecule has 0 saturated heterocycles. The van der Waals surface area contributed by atoms with E-state index in [9.17, 15) is 0 Å². The van der Waals surface area contributed by atoms with Crippen molar-refractivity contribution in [3.63, 3.8) is 0 Å². The van der Waals surface area contributed by atoms with Crippen LogP contribution in [0, 0.1) is 69.5 Å². The average molecular weight is 333 g/mol. The number of rotatable bonds is 1. The van der Waals surface area contributed by atoms with Crippen molar-refractivity contribution in [3.05, 3.63) is 0 Å². The molecule has 0 heterocycles. The van der Waals surface area contributed by atoms with Crippen LogP contribution in [0.15, 0.2) is 0 Å². The Balaban J connectivity index is 1.49. The van der Waals surface area contributed by atoms with Gasteiger partial charge in [-0.15, -0.1) is 12.8 Å². The average Bonchev–Trinajstić information content (AvgIpc) is 2.51. The third kappa shape index (κ3) is 1.73. The Kier molecular flexibility index (Phi) is 2.53. The maximum Gasteiger partial charge on any atom is 0.0325 e. The van der Waals surface area contributed by atoms with E-state index in [0.29, 0.717) is 16.2 Å². The molecule has 0 N–H and O–H groups in total. The van der Waals surface area contributed by atoms with Crippen LogP contribution in [-0.4, -0.2) is 0 Å². The fourth-order valence-electron chi connectivity index (χ4n) is 10.7. The van der Waals surface area contributed by atoms with Crippen molar-refractivity contribution in [2.45, 2.75) is 84.0 Å². The molecular weight excluding hydrogens is 300 g/mol. The van der Waals surface area contributed by atoms with Crippen molar-refractivity contribution in [1.82, 2.24) is 0 Å². The van der Waals surface area contributed by atoms with E-state index in [1.165, 1.54) is 77.0 Å². The molecule has 8 bridgehead atoms. The predicted octanol–water partition coefficient (Wildman–Crippen LogP) is 5.82. The highest BCUT2D eigenvalue weighted by atomic mass is 14.7. The minimum Gasteiger partial charge on any atom is -0.120 e. The first-order chi connectivity index (χ1) is 11.8. The molecule has 0 aromatic carbocycles. The minimum atomic E-state index is 0.223. The van der Waals surface area contributed by atoms with Crippen LogP contribution in [0.4, 0.5) is 0 Å². The molecule has 0 spiro atoms. The normalized spacial score (nSPS) is 63.4. The lowest BCUT2D eigenvalue weighted by molar-refractivity contribution is -0.238. The minimum absolute atomic E-state index is 0.223. The second-order valence-electron chi connectivity index (χ2n) is 12.2. The van der Waals surface area contributed by atoms with E-state index in [1.807, 2.05) is 0 Å². The van der Waals surface area contributed by atoms with Gasteiger partial charge in [0.2, 0.25) is 0 Å². The quantitative estimate of drug-likeness (QED) is 0.531. The third-order valence-electron chi connectivity index (χ3n) is 10.1. The molecule has 25 heavy (non-hydrogen) atoms. The van der Waals surface area contributed by atoms with E-state index in [-0.39, 0.29) is 10.8 Å². The van der Waals surface area contributed by atoms with E-state index in [0.717, 1.165) is 17.8 Å². The van der Waals surface area contributed by atoms with Gasteiger partial charge in [-0.05, 0) is 111 Å². The van der Waals surface area contributed by atoms with Crippen LogP contribution in [0.3, 0.4) is 0 Å². The van der Waals surface area contributed by atoms with E-state index in [1.54, 1.807) is 0 Å². The van der Waals surface area contributed by atoms with Gasteiger partial charge in [0.25, 0.3) is 0 Å². The van der Waals surface area contributed by atoms with Crippen LogP contribution < -0.4 is 0 Å². The lowest BCUT2D eigenvalue weighted by Gasteiger charge is -2.74. The number of hydrogen-bond acceptors (Lipinski definition) is 0. The van der Waals surface area contributed by atoms with Gasteiger partial charge >= 0.3 is 0 Å². The first-order valence-corrected chi connectivity index (χ1v) is 10.8.